The minimum absolute atomic E-state index is 0.0297. The number of hydrogen-bond acceptors (Lipinski definition) is 2. The Balaban J connectivity index is 1.95. The third-order valence-electron chi connectivity index (χ3n) is 3.66. The molecule has 102 valence electrons. The summed E-state index contributed by atoms with van der Waals surface area (Å²) >= 11 is 3.40. The van der Waals surface area contributed by atoms with Crippen molar-refractivity contribution in [3.05, 3.63) is 64.1 Å². The number of hydrogen-bond donors (Lipinski definition) is 1. The van der Waals surface area contributed by atoms with Crippen molar-refractivity contribution in [2.24, 2.45) is 5.73 Å². The van der Waals surface area contributed by atoms with Gasteiger partial charge in [-0.3, -0.25) is 4.79 Å². The van der Waals surface area contributed by atoms with Crippen molar-refractivity contribution < 1.29 is 4.79 Å². The van der Waals surface area contributed by atoms with Gasteiger partial charge in [0, 0.05) is 10.2 Å². The van der Waals surface area contributed by atoms with Crippen molar-refractivity contribution in [3.8, 4) is 0 Å². The van der Waals surface area contributed by atoms with E-state index in [9.17, 15) is 4.79 Å². The second-order valence-corrected chi connectivity index (χ2v) is 5.98. The van der Waals surface area contributed by atoms with Gasteiger partial charge in [0.2, 0.25) is 5.91 Å². The van der Waals surface area contributed by atoms with Crippen molar-refractivity contribution in [1.82, 2.24) is 0 Å². The van der Waals surface area contributed by atoms with Gasteiger partial charge < -0.3 is 10.6 Å². The number of β-lactam (4-membered cyclic amide) rings is 1. The molecule has 2 N–H and O–H groups in total. The Kier molecular flexibility index (Phi) is 3.36. The van der Waals surface area contributed by atoms with Gasteiger partial charge in [-0.05, 0) is 36.8 Å². The van der Waals surface area contributed by atoms with Gasteiger partial charge in [0.15, 0.2) is 0 Å². The Morgan fingerprint density at radius 1 is 1.05 bits per heavy atom. The Bertz CT molecular complexity index is 637. The number of nitrogens with two attached hydrogens (primary N) is 1. The summed E-state index contributed by atoms with van der Waals surface area (Å²) in [6.45, 7) is 2.04. The number of benzene rings is 2. The highest BCUT2D eigenvalue weighted by Crippen LogP contribution is 2.38. The molecular formula is C16H15BrN2O. The molecule has 1 aliphatic rings. The van der Waals surface area contributed by atoms with Gasteiger partial charge in [-0.15, -0.1) is 0 Å². The van der Waals surface area contributed by atoms with Crippen LogP contribution in [0.2, 0.25) is 0 Å². The molecule has 0 saturated carbocycles. The Morgan fingerprint density at radius 2 is 1.65 bits per heavy atom. The number of aryl methyl sites for hydroxylation is 1. The van der Waals surface area contributed by atoms with Gasteiger partial charge in [-0.2, -0.15) is 0 Å². The summed E-state index contributed by atoms with van der Waals surface area (Å²) in [7, 11) is 0. The van der Waals surface area contributed by atoms with E-state index in [-0.39, 0.29) is 11.9 Å². The Labute approximate surface area is 126 Å². The lowest BCUT2D eigenvalue weighted by Crippen LogP contribution is -2.63. The fourth-order valence-corrected chi connectivity index (χ4v) is 2.79. The Morgan fingerprint density at radius 3 is 2.25 bits per heavy atom. The molecule has 0 bridgehead atoms. The first-order valence-corrected chi connectivity index (χ1v) is 7.28. The molecule has 2 aromatic rings. The molecule has 2 atom stereocenters. The third-order valence-corrected chi connectivity index (χ3v) is 4.19. The van der Waals surface area contributed by atoms with Crippen LogP contribution in [0.15, 0.2) is 53.0 Å². The molecule has 4 heteroatoms. The molecule has 0 aromatic heterocycles. The predicted molar refractivity (Wildman–Crippen MR) is 83.5 cm³/mol. The van der Waals surface area contributed by atoms with E-state index in [1.807, 2.05) is 55.5 Å². The normalized spacial score (nSPS) is 21.8. The smallest absolute Gasteiger partial charge is 0.247 e. The fraction of sp³-hybridized carbons (Fsp3) is 0.188. The lowest BCUT2D eigenvalue weighted by Gasteiger charge is -2.45. The van der Waals surface area contributed by atoms with Crippen LogP contribution in [0.1, 0.15) is 17.2 Å². The molecule has 1 fully saturated rings. The van der Waals surface area contributed by atoms with Gasteiger partial charge in [-0.1, -0.05) is 45.8 Å². The number of rotatable bonds is 2. The van der Waals surface area contributed by atoms with E-state index in [4.69, 9.17) is 5.73 Å². The highest BCUT2D eigenvalue weighted by Gasteiger charge is 2.46. The maximum absolute atomic E-state index is 12.1. The largest absolute Gasteiger partial charge is 0.318 e. The SMILES string of the molecule is Cc1ccc([C@@H]2[C@@H](N)C(=O)N2c2ccc(Br)cc2)cc1. The summed E-state index contributed by atoms with van der Waals surface area (Å²) in [6.07, 6.45) is 0. The van der Waals surface area contributed by atoms with Crippen molar-refractivity contribution in [3.63, 3.8) is 0 Å². The maximum Gasteiger partial charge on any atom is 0.247 e. The van der Waals surface area contributed by atoms with Crippen LogP contribution in [0.25, 0.3) is 0 Å². The quantitative estimate of drug-likeness (QED) is 0.859. The molecule has 2 aromatic carbocycles. The highest BCUT2D eigenvalue weighted by atomic mass is 79.9. The first kappa shape index (κ1) is 13.3. The molecular weight excluding hydrogens is 316 g/mol. The second kappa shape index (κ2) is 5.04. The van der Waals surface area contributed by atoms with Crippen LogP contribution >= 0.6 is 15.9 Å². The van der Waals surface area contributed by atoms with Crippen molar-refractivity contribution in [2.75, 3.05) is 4.90 Å². The van der Waals surface area contributed by atoms with E-state index in [0.29, 0.717) is 0 Å². The summed E-state index contributed by atoms with van der Waals surface area (Å²) < 4.78 is 0.991. The first-order chi connectivity index (χ1) is 9.58. The number of anilines is 1. The predicted octanol–water partition coefficient (Wildman–Crippen LogP) is 3.17. The van der Waals surface area contributed by atoms with E-state index >= 15 is 0 Å². The van der Waals surface area contributed by atoms with Crippen LogP contribution in [-0.2, 0) is 4.79 Å². The summed E-state index contributed by atoms with van der Waals surface area (Å²) in [5.74, 6) is -0.0297. The van der Waals surface area contributed by atoms with Gasteiger partial charge in [-0.25, -0.2) is 0 Å². The van der Waals surface area contributed by atoms with Gasteiger partial charge in [0.1, 0.15) is 6.04 Å². The molecule has 0 radical (unpaired) electrons. The fourth-order valence-electron chi connectivity index (χ4n) is 2.52. The topological polar surface area (TPSA) is 46.3 Å². The summed E-state index contributed by atoms with van der Waals surface area (Å²) in [6, 6.07) is 15.3. The zero-order chi connectivity index (χ0) is 14.3. The van der Waals surface area contributed by atoms with Crippen molar-refractivity contribution in [2.45, 2.75) is 19.0 Å². The average Bonchev–Trinajstić information content (AvgIpc) is 2.46. The second-order valence-electron chi connectivity index (χ2n) is 5.07. The summed E-state index contributed by atoms with van der Waals surface area (Å²) in [5.41, 5.74) is 9.15. The molecule has 0 spiro atoms. The van der Waals surface area contributed by atoms with E-state index in [0.717, 1.165) is 15.7 Å². The zero-order valence-electron chi connectivity index (χ0n) is 11.1. The molecule has 0 aliphatic carbocycles. The van der Waals surface area contributed by atoms with Crippen LogP contribution in [0.4, 0.5) is 5.69 Å². The van der Waals surface area contributed by atoms with E-state index in [1.165, 1.54) is 5.56 Å². The standard InChI is InChI=1S/C16H15BrN2O/c1-10-2-4-11(5-3-10)15-14(18)16(20)19(15)13-8-6-12(17)7-9-13/h2-9,14-15H,18H2,1H3/t14-,15-/m1/s1. The number of halogens is 1. The lowest BCUT2D eigenvalue weighted by molar-refractivity contribution is -0.126. The maximum atomic E-state index is 12.1. The number of amides is 1. The van der Waals surface area contributed by atoms with Crippen LogP contribution in [0.3, 0.4) is 0 Å². The van der Waals surface area contributed by atoms with Crippen LogP contribution in [-0.4, -0.2) is 11.9 Å². The van der Waals surface area contributed by atoms with Crippen LogP contribution < -0.4 is 10.6 Å². The van der Waals surface area contributed by atoms with Crippen LogP contribution in [0, 0.1) is 6.92 Å². The molecule has 3 nitrogen and oxygen atoms in total. The number of carbonyl (C=O) groups is 1. The molecule has 1 amide bonds. The zero-order valence-corrected chi connectivity index (χ0v) is 12.7. The van der Waals surface area contributed by atoms with Crippen molar-refractivity contribution >= 4 is 27.5 Å². The minimum Gasteiger partial charge on any atom is -0.318 e. The van der Waals surface area contributed by atoms with E-state index in [2.05, 4.69) is 15.9 Å². The number of nitrogens with zero attached hydrogens (tertiary/aromatic N) is 1. The Hall–Kier alpha value is -1.65. The van der Waals surface area contributed by atoms with E-state index < -0.39 is 6.04 Å². The number of carbonyl (C=O) groups excluding carboxylic acids is 1. The van der Waals surface area contributed by atoms with E-state index in [1.54, 1.807) is 4.90 Å². The van der Waals surface area contributed by atoms with Crippen LogP contribution in [0.5, 0.6) is 0 Å². The van der Waals surface area contributed by atoms with Gasteiger partial charge in [0.05, 0.1) is 6.04 Å². The molecule has 1 aliphatic heterocycles. The molecule has 0 unspecified atom stereocenters. The summed E-state index contributed by atoms with van der Waals surface area (Å²) in [4.78, 5) is 13.9. The lowest BCUT2D eigenvalue weighted by atomic mass is 9.88. The molecule has 3 rings (SSSR count). The van der Waals surface area contributed by atoms with Gasteiger partial charge >= 0.3 is 0 Å². The van der Waals surface area contributed by atoms with Gasteiger partial charge in [0.25, 0.3) is 0 Å². The molecule has 20 heavy (non-hydrogen) atoms. The van der Waals surface area contributed by atoms with Crippen molar-refractivity contribution in [1.29, 1.82) is 0 Å². The third kappa shape index (κ3) is 2.15. The first-order valence-electron chi connectivity index (χ1n) is 6.49. The highest BCUT2D eigenvalue weighted by molar-refractivity contribution is 9.10. The summed E-state index contributed by atoms with van der Waals surface area (Å²) in [5, 5.41) is 0. The monoisotopic (exact) mass is 330 g/mol. The minimum atomic E-state index is -0.457. The molecule has 1 heterocycles. The molecule has 1 saturated heterocycles. The average molecular weight is 331 g/mol.